The van der Waals surface area contributed by atoms with Gasteiger partial charge in [0.15, 0.2) is 17.2 Å². The molecule has 2 N–H and O–H groups in total. The van der Waals surface area contributed by atoms with E-state index in [-0.39, 0.29) is 18.9 Å². The number of hydrogen-bond acceptors (Lipinski definition) is 10. The lowest BCUT2D eigenvalue weighted by Crippen LogP contribution is -2.41. The lowest BCUT2D eigenvalue weighted by atomic mass is 9.96. The highest BCUT2D eigenvalue weighted by atomic mass is 31.1. The smallest absolute Gasteiger partial charge is 0.412 e. The molecule has 186 valence electrons. The zero-order valence-corrected chi connectivity index (χ0v) is 20.5. The SMILES string of the molecule is C[C@H](Cn1cnc2c(N)ncnc21)OCN(/N=[P+](\[O-])Oc1ccccc1)[C@@H](C)C(=O)OC1CCC1. The Hall–Kier alpha value is -3.18. The molecule has 2 heterocycles. The van der Waals surface area contributed by atoms with Crippen molar-refractivity contribution in [2.45, 2.75) is 57.9 Å². The van der Waals surface area contributed by atoms with Gasteiger partial charge in [0.05, 0.1) is 19.0 Å². The summed E-state index contributed by atoms with van der Waals surface area (Å²) < 4.78 is 18.6. The summed E-state index contributed by atoms with van der Waals surface area (Å²) in [7, 11) is -2.49. The number of imidazole rings is 1. The van der Waals surface area contributed by atoms with Gasteiger partial charge in [0, 0.05) is 4.85 Å². The number of rotatable bonds is 11. The van der Waals surface area contributed by atoms with Gasteiger partial charge in [-0.3, -0.25) is 9.32 Å². The monoisotopic (exact) mass is 501 g/mol. The highest BCUT2D eigenvalue weighted by Gasteiger charge is 2.30. The van der Waals surface area contributed by atoms with Crippen LogP contribution in [0.2, 0.25) is 0 Å². The first-order valence-electron chi connectivity index (χ1n) is 11.3. The molecule has 12 nitrogen and oxygen atoms in total. The van der Waals surface area contributed by atoms with Gasteiger partial charge in [0.1, 0.15) is 30.7 Å². The van der Waals surface area contributed by atoms with Crippen LogP contribution >= 0.6 is 8.17 Å². The molecule has 2 aromatic heterocycles. The van der Waals surface area contributed by atoms with Crippen molar-refractivity contribution < 1.29 is 23.7 Å². The summed E-state index contributed by atoms with van der Waals surface area (Å²) in [6.45, 7) is 3.79. The summed E-state index contributed by atoms with van der Waals surface area (Å²) >= 11 is 0. The van der Waals surface area contributed by atoms with Crippen molar-refractivity contribution >= 4 is 31.1 Å². The van der Waals surface area contributed by atoms with Crippen LogP contribution in [0.5, 0.6) is 5.75 Å². The van der Waals surface area contributed by atoms with Gasteiger partial charge in [-0.2, -0.15) is 0 Å². The Labute approximate surface area is 203 Å². The van der Waals surface area contributed by atoms with Gasteiger partial charge in [0.25, 0.3) is 0 Å². The van der Waals surface area contributed by atoms with Gasteiger partial charge in [-0.25, -0.2) is 15.0 Å². The Kier molecular flexibility index (Phi) is 8.19. The van der Waals surface area contributed by atoms with E-state index in [1.54, 1.807) is 42.1 Å². The molecule has 0 amide bonds. The third-order valence-electron chi connectivity index (χ3n) is 5.61. The van der Waals surface area contributed by atoms with E-state index in [1.165, 1.54) is 11.3 Å². The number of nitrogen functional groups attached to an aromatic ring is 1. The molecule has 0 spiro atoms. The van der Waals surface area contributed by atoms with Crippen LogP contribution < -0.4 is 15.2 Å². The lowest BCUT2D eigenvalue weighted by Gasteiger charge is -2.28. The number of nitrogens with zero attached hydrogens (tertiary/aromatic N) is 6. The van der Waals surface area contributed by atoms with Crippen molar-refractivity contribution in [3.63, 3.8) is 0 Å². The van der Waals surface area contributed by atoms with Gasteiger partial charge < -0.3 is 24.7 Å². The standard InChI is InChI=1S/C22H28N7O5P/c1-15(11-28-13-26-19-20(23)24-12-25-21(19)28)32-14-29(16(2)22(30)33-17-9-6-10-17)27-35(31)34-18-7-4-3-5-8-18/h3-5,7-8,12-13,15-17H,6,9-11,14H2,1-2H3,(H2,23,24,25)/t15-,16+/m1/s1. The maximum absolute atomic E-state index is 12.7. The van der Waals surface area contributed by atoms with Crippen molar-refractivity contribution in [3.8, 4) is 5.75 Å². The summed E-state index contributed by atoms with van der Waals surface area (Å²) in [5, 5.41) is 1.30. The molecule has 1 fully saturated rings. The van der Waals surface area contributed by atoms with E-state index in [0.29, 0.717) is 29.3 Å². The Morgan fingerprint density at radius 3 is 2.77 bits per heavy atom. The summed E-state index contributed by atoms with van der Waals surface area (Å²) in [5.41, 5.74) is 6.95. The predicted octanol–water partition coefficient (Wildman–Crippen LogP) is 2.41. The molecular weight excluding hydrogens is 473 g/mol. The topological polar surface area (TPSA) is 153 Å². The van der Waals surface area contributed by atoms with Crippen LogP contribution in [-0.2, 0) is 20.8 Å². The highest BCUT2D eigenvalue weighted by Crippen LogP contribution is 2.26. The minimum Gasteiger partial charge on any atom is -0.574 e. The summed E-state index contributed by atoms with van der Waals surface area (Å²) in [6.07, 6.45) is 5.32. The van der Waals surface area contributed by atoms with E-state index in [2.05, 4.69) is 19.8 Å². The van der Waals surface area contributed by atoms with Crippen LogP contribution in [0.1, 0.15) is 33.1 Å². The van der Waals surface area contributed by atoms with Crippen molar-refractivity contribution in [1.82, 2.24) is 24.5 Å². The molecule has 0 radical (unpaired) electrons. The van der Waals surface area contributed by atoms with Gasteiger partial charge >= 0.3 is 14.1 Å². The number of ether oxygens (including phenoxy) is 2. The maximum atomic E-state index is 12.7. The van der Waals surface area contributed by atoms with E-state index in [9.17, 15) is 9.69 Å². The van der Waals surface area contributed by atoms with Crippen LogP contribution in [-0.4, -0.2) is 55.5 Å². The minimum atomic E-state index is -2.49. The highest BCUT2D eigenvalue weighted by molar-refractivity contribution is 7.33. The van der Waals surface area contributed by atoms with E-state index in [4.69, 9.17) is 19.7 Å². The maximum Gasteiger partial charge on any atom is 0.412 e. The fourth-order valence-electron chi connectivity index (χ4n) is 3.34. The molecule has 0 saturated heterocycles. The zero-order chi connectivity index (χ0) is 24.8. The quantitative estimate of drug-likeness (QED) is 0.179. The number of hydrogen-bond donors (Lipinski definition) is 1. The normalized spacial score (nSPS) is 16.2. The number of benzene rings is 1. The van der Waals surface area contributed by atoms with E-state index in [0.717, 1.165) is 19.3 Å². The van der Waals surface area contributed by atoms with Crippen LogP contribution in [0.4, 0.5) is 5.82 Å². The Morgan fingerprint density at radius 2 is 2.06 bits per heavy atom. The van der Waals surface area contributed by atoms with E-state index < -0.39 is 20.2 Å². The van der Waals surface area contributed by atoms with Gasteiger partial charge in [-0.15, -0.1) is 5.01 Å². The number of fused-ring (bicyclic) bond motifs is 1. The molecule has 3 atom stereocenters. The lowest BCUT2D eigenvalue weighted by molar-refractivity contribution is -0.173. The van der Waals surface area contributed by atoms with Crippen molar-refractivity contribution in [2.24, 2.45) is 4.85 Å². The van der Waals surface area contributed by atoms with Crippen molar-refractivity contribution in [2.75, 3.05) is 12.5 Å². The van der Waals surface area contributed by atoms with Gasteiger partial charge in [-0.1, -0.05) is 18.2 Å². The molecule has 13 heteroatoms. The van der Waals surface area contributed by atoms with Gasteiger partial charge in [0.2, 0.25) is 0 Å². The molecule has 0 bridgehead atoms. The Balaban J connectivity index is 1.42. The molecule has 3 aromatic rings. The zero-order valence-electron chi connectivity index (χ0n) is 19.6. The number of esters is 1. The van der Waals surface area contributed by atoms with Crippen LogP contribution in [0.15, 0.2) is 47.8 Å². The average molecular weight is 501 g/mol. The second kappa shape index (κ2) is 11.5. The molecule has 0 aliphatic heterocycles. The number of para-hydroxylation sites is 1. The second-order valence-electron chi connectivity index (χ2n) is 8.27. The molecule has 35 heavy (non-hydrogen) atoms. The second-order valence-corrected chi connectivity index (χ2v) is 9.11. The first kappa shape index (κ1) is 24.9. The predicted molar refractivity (Wildman–Crippen MR) is 127 cm³/mol. The number of carbonyl (C=O) groups is 1. The van der Waals surface area contributed by atoms with Crippen LogP contribution in [0.3, 0.4) is 0 Å². The summed E-state index contributed by atoms with van der Waals surface area (Å²) in [4.78, 5) is 41.8. The molecule has 1 aromatic carbocycles. The third kappa shape index (κ3) is 6.49. The minimum absolute atomic E-state index is 0.0788. The van der Waals surface area contributed by atoms with Crippen molar-refractivity contribution in [1.29, 1.82) is 0 Å². The average Bonchev–Trinajstić information content (AvgIpc) is 3.23. The van der Waals surface area contributed by atoms with E-state index >= 15 is 0 Å². The Bertz CT molecular complexity index is 1170. The molecule has 4 rings (SSSR count). The number of anilines is 1. The molecule has 1 aliphatic rings. The number of carbonyl (C=O) groups excluding carboxylic acids is 1. The van der Waals surface area contributed by atoms with Crippen LogP contribution in [0.25, 0.3) is 11.2 Å². The largest absolute Gasteiger partial charge is 0.574 e. The Morgan fingerprint density at radius 1 is 1.29 bits per heavy atom. The molecule has 1 saturated carbocycles. The molecule has 1 unspecified atom stereocenters. The summed E-state index contributed by atoms with van der Waals surface area (Å²) in [5.74, 6) is 0.253. The fourth-order valence-corrected chi connectivity index (χ4v) is 4.07. The van der Waals surface area contributed by atoms with Crippen molar-refractivity contribution in [3.05, 3.63) is 43.0 Å². The first-order valence-corrected chi connectivity index (χ1v) is 12.5. The van der Waals surface area contributed by atoms with E-state index in [1.807, 2.05) is 13.0 Å². The van der Waals surface area contributed by atoms with Gasteiger partial charge in [-0.05, 0) is 45.2 Å². The summed E-state index contributed by atoms with van der Waals surface area (Å²) in [6, 6.07) is 7.87. The first-order chi connectivity index (χ1) is 16.9. The van der Waals surface area contributed by atoms with Crippen LogP contribution in [0, 0.1) is 0 Å². The number of nitrogens with two attached hydrogens (primary N) is 1. The third-order valence-corrected chi connectivity index (χ3v) is 6.36. The molecule has 1 aliphatic carbocycles. The fraction of sp³-hybridized carbons (Fsp3) is 0.455. The molecular formula is C22H28N7O5P. The number of aromatic nitrogens is 4.